The molecule has 1 aromatic carbocycles. The third-order valence-electron chi connectivity index (χ3n) is 1.50. The minimum atomic E-state index is -0.282. The Morgan fingerprint density at radius 1 is 1.38 bits per heavy atom. The van der Waals surface area contributed by atoms with Gasteiger partial charge in [0.15, 0.2) is 0 Å². The minimum absolute atomic E-state index is 0.198. The molecule has 2 nitrogen and oxygen atoms in total. The monoisotopic (exact) mass is 195 g/mol. The standard InChI is InChI=1S/C10H10ClNO/c1-2-9(11)10(13)12-8-6-4-3-5-7-8/h2-7H,1H3,(H,12,13)/b9-2-. The Morgan fingerprint density at radius 3 is 2.54 bits per heavy atom. The van der Waals surface area contributed by atoms with Crippen LogP contribution in [0.2, 0.25) is 0 Å². The number of hydrogen-bond acceptors (Lipinski definition) is 1. The van der Waals surface area contributed by atoms with Crippen LogP contribution in [0.15, 0.2) is 41.4 Å². The van der Waals surface area contributed by atoms with Crippen LogP contribution in [-0.4, -0.2) is 5.91 Å². The van der Waals surface area contributed by atoms with Crippen LogP contribution in [-0.2, 0) is 4.79 Å². The average molecular weight is 196 g/mol. The molecule has 0 aromatic heterocycles. The van der Waals surface area contributed by atoms with Gasteiger partial charge in [-0.3, -0.25) is 4.79 Å². The first kappa shape index (κ1) is 9.81. The number of carbonyl (C=O) groups is 1. The largest absolute Gasteiger partial charge is 0.321 e. The average Bonchev–Trinajstić information content (AvgIpc) is 2.18. The van der Waals surface area contributed by atoms with Crippen LogP contribution in [0.3, 0.4) is 0 Å². The molecule has 0 unspecified atom stereocenters. The lowest BCUT2D eigenvalue weighted by atomic mass is 10.3. The molecule has 0 saturated carbocycles. The molecule has 1 N–H and O–H groups in total. The SMILES string of the molecule is C/C=C(\Cl)C(=O)Nc1ccccc1. The molecular formula is C10H10ClNO. The number of hydrogen-bond donors (Lipinski definition) is 1. The van der Waals surface area contributed by atoms with Gasteiger partial charge in [-0.1, -0.05) is 35.9 Å². The van der Waals surface area contributed by atoms with E-state index in [2.05, 4.69) is 5.32 Å². The van der Waals surface area contributed by atoms with E-state index in [0.717, 1.165) is 5.69 Å². The molecule has 0 heterocycles. The van der Waals surface area contributed by atoms with Gasteiger partial charge in [0.25, 0.3) is 5.91 Å². The van der Waals surface area contributed by atoms with Crippen LogP contribution >= 0.6 is 11.6 Å². The van der Waals surface area contributed by atoms with Gasteiger partial charge in [-0.05, 0) is 19.1 Å². The van der Waals surface area contributed by atoms with E-state index in [4.69, 9.17) is 11.6 Å². The first-order chi connectivity index (χ1) is 6.24. The van der Waals surface area contributed by atoms with Crippen molar-refractivity contribution in [1.29, 1.82) is 0 Å². The summed E-state index contributed by atoms with van der Waals surface area (Å²) in [5, 5.41) is 2.85. The summed E-state index contributed by atoms with van der Waals surface area (Å²) in [7, 11) is 0. The quantitative estimate of drug-likeness (QED) is 0.723. The fourth-order valence-corrected chi connectivity index (χ4v) is 0.891. The number of allylic oxidation sites excluding steroid dienone is 1. The zero-order chi connectivity index (χ0) is 9.68. The molecule has 0 aliphatic carbocycles. The van der Waals surface area contributed by atoms with E-state index in [1.54, 1.807) is 25.1 Å². The Hall–Kier alpha value is -1.28. The Kier molecular flexibility index (Phi) is 3.53. The molecule has 0 bridgehead atoms. The number of amides is 1. The second-order valence-electron chi connectivity index (χ2n) is 2.46. The minimum Gasteiger partial charge on any atom is -0.321 e. The van der Waals surface area contributed by atoms with Crippen molar-refractivity contribution in [2.75, 3.05) is 5.32 Å². The van der Waals surface area contributed by atoms with Crippen molar-refractivity contribution in [3.8, 4) is 0 Å². The maximum Gasteiger partial charge on any atom is 0.266 e. The molecule has 1 aromatic rings. The van der Waals surface area contributed by atoms with Gasteiger partial charge in [0.2, 0.25) is 0 Å². The van der Waals surface area contributed by atoms with Gasteiger partial charge < -0.3 is 5.32 Å². The topological polar surface area (TPSA) is 29.1 Å². The maximum atomic E-state index is 11.2. The second kappa shape index (κ2) is 4.67. The fraction of sp³-hybridized carbons (Fsp3) is 0.100. The highest BCUT2D eigenvalue weighted by Crippen LogP contribution is 2.09. The first-order valence-corrected chi connectivity index (χ1v) is 4.30. The smallest absolute Gasteiger partial charge is 0.266 e. The van der Waals surface area contributed by atoms with E-state index in [9.17, 15) is 4.79 Å². The van der Waals surface area contributed by atoms with Gasteiger partial charge in [0.1, 0.15) is 5.03 Å². The summed E-state index contributed by atoms with van der Waals surface area (Å²) in [6.45, 7) is 1.72. The summed E-state index contributed by atoms with van der Waals surface area (Å²) in [4.78, 5) is 11.2. The Morgan fingerprint density at radius 2 is 2.00 bits per heavy atom. The Bertz CT molecular complexity index is 319. The van der Waals surface area contributed by atoms with Crippen LogP contribution < -0.4 is 5.32 Å². The molecule has 0 aliphatic heterocycles. The van der Waals surface area contributed by atoms with Gasteiger partial charge in [-0.15, -0.1) is 0 Å². The summed E-state index contributed by atoms with van der Waals surface area (Å²) in [5.74, 6) is -0.282. The molecule has 1 rings (SSSR count). The van der Waals surface area contributed by atoms with Crippen LogP contribution in [0.5, 0.6) is 0 Å². The maximum absolute atomic E-state index is 11.2. The summed E-state index contributed by atoms with van der Waals surface area (Å²) >= 11 is 5.61. The molecule has 1 amide bonds. The molecule has 13 heavy (non-hydrogen) atoms. The van der Waals surface area contributed by atoms with Gasteiger partial charge >= 0.3 is 0 Å². The molecule has 0 saturated heterocycles. The van der Waals surface area contributed by atoms with Crippen LogP contribution in [0.1, 0.15) is 6.92 Å². The predicted octanol–water partition coefficient (Wildman–Crippen LogP) is 2.77. The lowest BCUT2D eigenvalue weighted by Gasteiger charge is -2.02. The van der Waals surface area contributed by atoms with Crippen molar-refractivity contribution in [2.24, 2.45) is 0 Å². The summed E-state index contributed by atoms with van der Waals surface area (Å²) < 4.78 is 0. The lowest BCUT2D eigenvalue weighted by molar-refractivity contribution is -0.112. The van der Waals surface area contributed by atoms with Crippen LogP contribution in [0, 0.1) is 0 Å². The van der Waals surface area contributed by atoms with Crippen molar-refractivity contribution < 1.29 is 4.79 Å². The first-order valence-electron chi connectivity index (χ1n) is 3.92. The highest BCUT2D eigenvalue weighted by molar-refractivity contribution is 6.43. The van der Waals surface area contributed by atoms with Gasteiger partial charge in [0.05, 0.1) is 0 Å². The van der Waals surface area contributed by atoms with Crippen LogP contribution in [0.25, 0.3) is 0 Å². The molecule has 0 aliphatic rings. The Balaban J connectivity index is 2.66. The Labute approximate surface area is 82.2 Å². The van der Waals surface area contributed by atoms with Crippen LogP contribution in [0.4, 0.5) is 5.69 Å². The lowest BCUT2D eigenvalue weighted by Crippen LogP contribution is -2.10. The number of carbonyl (C=O) groups excluding carboxylic acids is 1. The third-order valence-corrected chi connectivity index (χ3v) is 1.89. The zero-order valence-corrected chi connectivity index (χ0v) is 8.01. The van der Waals surface area contributed by atoms with E-state index in [0.29, 0.717) is 0 Å². The number of anilines is 1. The molecule has 68 valence electrons. The van der Waals surface area contributed by atoms with Crippen molar-refractivity contribution in [3.63, 3.8) is 0 Å². The van der Waals surface area contributed by atoms with Gasteiger partial charge in [-0.2, -0.15) is 0 Å². The molecule has 3 heteroatoms. The number of halogens is 1. The zero-order valence-electron chi connectivity index (χ0n) is 7.25. The number of benzene rings is 1. The molecular weight excluding hydrogens is 186 g/mol. The van der Waals surface area contributed by atoms with Gasteiger partial charge in [-0.25, -0.2) is 0 Å². The number of nitrogens with one attached hydrogen (secondary N) is 1. The molecule has 0 fully saturated rings. The third kappa shape index (κ3) is 2.92. The summed E-state index contributed by atoms with van der Waals surface area (Å²) in [5.41, 5.74) is 0.743. The highest BCUT2D eigenvalue weighted by Gasteiger charge is 2.04. The predicted molar refractivity (Wildman–Crippen MR) is 54.7 cm³/mol. The van der Waals surface area contributed by atoms with E-state index in [1.807, 2.05) is 18.2 Å². The molecule has 0 atom stereocenters. The van der Waals surface area contributed by atoms with E-state index in [1.165, 1.54) is 0 Å². The van der Waals surface area contributed by atoms with E-state index in [-0.39, 0.29) is 10.9 Å². The summed E-state index contributed by atoms with van der Waals surface area (Å²) in [6, 6.07) is 9.18. The highest BCUT2D eigenvalue weighted by atomic mass is 35.5. The second-order valence-corrected chi connectivity index (χ2v) is 2.86. The number of rotatable bonds is 2. The summed E-state index contributed by atoms with van der Waals surface area (Å²) in [6.07, 6.45) is 1.56. The number of para-hydroxylation sites is 1. The van der Waals surface area contributed by atoms with E-state index < -0.39 is 0 Å². The molecule has 0 spiro atoms. The van der Waals surface area contributed by atoms with Crippen molar-refractivity contribution in [1.82, 2.24) is 0 Å². The van der Waals surface area contributed by atoms with Gasteiger partial charge in [0, 0.05) is 5.69 Å². The van der Waals surface area contributed by atoms with Crippen molar-refractivity contribution in [3.05, 3.63) is 41.4 Å². The molecule has 0 radical (unpaired) electrons. The van der Waals surface area contributed by atoms with Crippen molar-refractivity contribution >= 4 is 23.2 Å². The normalized spacial score (nSPS) is 11.1. The van der Waals surface area contributed by atoms with Crippen molar-refractivity contribution in [2.45, 2.75) is 6.92 Å². The fourth-order valence-electron chi connectivity index (χ4n) is 0.843. The van der Waals surface area contributed by atoms with E-state index >= 15 is 0 Å².